The van der Waals surface area contributed by atoms with Crippen LogP contribution in [0.3, 0.4) is 0 Å². The molecule has 8 heteroatoms. The Hall–Kier alpha value is -0.980. The molecule has 0 amide bonds. The molecule has 0 unspecified atom stereocenters. The molecule has 5 nitrogen and oxygen atoms in total. The molecular weight excluding hydrogens is 271 g/mol. The first-order valence-corrected chi connectivity index (χ1v) is 5.84. The molecule has 0 radical (unpaired) electrons. The number of carbonyl (C=O) groups excluding carboxylic acids is 1. The third-order valence-corrected chi connectivity index (χ3v) is 3.31. The predicted octanol–water partition coefficient (Wildman–Crippen LogP) is 2.00. The molecule has 0 N–H and O–H groups in total. The van der Waals surface area contributed by atoms with E-state index in [9.17, 15) is 4.79 Å². The average Bonchev–Trinajstić information content (AvgIpc) is 2.73. The molecule has 0 spiro atoms. The van der Waals surface area contributed by atoms with Gasteiger partial charge in [0.15, 0.2) is 11.6 Å². The van der Waals surface area contributed by atoms with E-state index in [0.29, 0.717) is 20.1 Å². The van der Waals surface area contributed by atoms with Crippen LogP contribution in [0.2, 0.25) is 8.67 Å². The van der Waals surface area contributed by atoms with Gasteiger partial charge in [0.05, 0.1) is 17.8 Å². The Balaban J connectivity index is 2.17. The Morgan fingerprint density at radius 3 is 2.81 bits per heavy atom. The quantitative estimate of drug-likeness (QED) is 0.805. The third kappa shape index (κ3) is 2.40. The van der Waals surface area contributed by atoms with Crippen LogP contribution in [0.1, 0.15) is 16.2 Å². The van der Waals surface area contributed by atoms with Crippen LogP contribution in [0.15, 0.2) is 6.07 Å². The summed E-state index contributed by atoms with van der Waals surface area (Å²) in [6, 6.07) is 1.55. The first-order valence-electron chi connectivity index (χ1n) is 4.27. The van der Waals surface area contributed by atoms with Gasteiger partial charge in [-0.3, -0.25) is 4.79 Å². The van der Waals surface area contributed by atoms with Gasteiger partial charge in [0.2, 0.25) is 0 Å². The Kier molecular flexibility index (Phi) is 3.22. The number of hydrogen-bond donors (Lipinski definition) is 0. The number of tetrazole rings is 1. The van der Waals surface area contributed by atoms with E-state index in [-0.39, 0.29) is 12.2 Å². The highest BCUT2D eigenvalue weighted by Crippen LogP contribution is 2.31. The molecule has 0 atom stereocenters. The summed E-state index contributed by atoms with van der Waals surface area (Å²) in [4.78, 5) is 13.1. The molecular formula is C8H6Cl2N4OS. The van der Waals surface area contributed by atoms with Crippen molar-refractivity contribution in [3.63, 3.8) is 0 Å². The summed E-state index contributed by atoms with van der Waals surface area (Å²) in [5.74, 6) is 0.201. The molecule has 0 saturated heterocycles. The number of thiophene rings is 1. The third-order valence-electron chi connectivity index (χ3n) is 1.83. The Morgan fingerprint density at radius 1 is 1.56 bits per heavy atom. The molecule has 0 fully saturated rings. The number of Topliss-reactive ketones (excluding diaryl/α,β-unsaturated/α-hetero) is 1. The van der Waals surface area contributed by atoms with Crippen molar-refractivity contribution in [2.24, 2.45) is 7.05 Å². The summed E-state index contributed by atoms with van der Waals surface area (Å²) >= 11 is 12.8. The topological polar surface area (TPSA) is 60.7 Å². The number of hydrogen-bond acceptors (Lipinski definition) is 5. The fourth-order valence-corrected chi connectivity index (χ4v) is 2.66. The fourth-order valence-electron chi connectivity index (χ4n) is 1.16. The highest BCUT2D eigenvalue weighted by Gasteiger charge is 2.16. The van der Waals surface area contributed by atoms with Crippen LogP contribution >= 0.6 is 34.5 Å². The van der Waals surface area contributed by atoms with E-state index in [1.165, 1.54) is 4.80 Å². The highest BCUT2D eigenvalue weighted by atomic mass is 35.5. The maximum Gasteiger partial charge on any atom is 0.182 e. The molecule has 0 aliphatic rings. The van der Waals surface area contributed by atoms with E-state index in [0.717, 1.165) is 11.3 Å². The van der Waals surface area contributed by atoms with Crippen LogP contribution in [0.5, 0.6) is 0 Å². The normalized spacial score (nSPS) is 10.7. The molecule has 2 aromatic heterocycles. The Bertz CT molecular complexity index is 536. The van der Waals surface area contributed by atoms with Gasteiger partial charge >= 0.3 is 0 Å². The first kappa shape index (κ1) is 11.5. The van der Waals surface area contributed by atoms with Gasteiger partial charge in [-0.2, -0.15) is 4.80 Å². The zero-order valence-electron chi connectivity index (χ0n) is 8.15. The van der Waals surface area contributed by atoms with E-state index in [2.05, 4.69) is 15.4 Å². The van der Waals surface area contributed by atoms with Gasteiger partial charge in [-0.05, 0) is 11.3 Å². The van der Waals surface area contributed by atoms with Crippen LogP contribution in [0, 0.1) is 0 Å². The van der Waals surface area contributed by atoms with E-state index in [1.54, 1.807) is 13.1 Å². The molecule has 0 aliphatic heterocycles. The van der Waals surface area contributed by atoms with Crippen LogP contribution in [0.25, 0.3) is 0 Å². The van der Waals surface area contributed by atoms with Crippen LogP contribution in [-0.2, 0) is 13.5 Å². The average molecular weight is 277 g/mol. The molecule has 0 aliphatic carbocycles. The van der Waals surface area contributed by atoms with Gasteiger partial charge in [0.1, 0.15) is 4.34 Å². The van der Waals surface area contributed by atoms with E-state index in [4.69, 9.17) is 23.2 Å². The SMILES string of the molecule is Cn1nnc(CC(=O)c2cc(Cl)sc2Cl)n1. The van der Waals surface area contributed by atoms with Gasteiger partial charge < -0.3 is 0 Å². The van der Waals surface area contributed by atoms with Crippen molar-refractivity contribution in [1.82, 2.24) is 20.2 Å². The minimum absolute atomic E-state index is 0.0701. The lowest BCUT2D eigenvalue weighted by molar-refractivity contribution is 0.0991. The molecule has 0 saturated carbocycles. The smallest absolute Gasteiger partial charge is 0.182 e. The van der Waals surface area contributed by atoms with E-state index < -0.39 is 0 Å². The van der Waals surface area contributed by atoms with Crippen molar-refractivity contribution in [3.05, 3.63) is 26.1 Å². The number of aromatic nitrogens is 4. The monoisotopic (exact) mass is 276 g/mol. The lowest BCUT2D eigenvalue weighted by Gasteiger charge is -1.93. The molecule has 84 valence electrons. The van der Waals surface area contributed by atoms with E-state index >= 15 is 0 Å². The Morgan fingerprint density at radius 2 is 2.31 bits per heavy atom. The molecule has 2 rings (SSSR count). The van der Waals surface area contributed by atoms with Gasteiger partial charge in [-0.1, -0.05) is 23.2 Å². The van der Waals surface area contributed by atoms with Crippen LogP contribution in [0.4, 0.5) is 0 Å². The highest BCUT2D eigenvalue weighted by molar-refractivity contribution is 7.20. The van der Waals surface area contributed by atoms with Crippen molar-refractivity contribution >= 4 is 40.3 Å². The summed E-state index contributed by atoms with van der Waals surface area (Å²) in [5, 5.41) is 11.3. The summed E-state index contributed by atoms with van der Waals surface area (Å²) < 4.78 is 0.874. The molecule has 16 heavy (non-hydrogen) atoms. The van der Waals surface area contributed by atoms with Crippen molar-refractivity contribution in [2.75, 3.05) is 0 Å². The van der Waals surface area contributed by atoms with Crippen molar-refractivity contribution in [1.29, 1.82) is 0 Å². The number of carbonyl (C=O) groups is 1. The molecule has 2 heterocycles. The van der Waals surface area contributed by atoms with E-state index in [1.807, 2.05) is 0 Å². The second-order valence-corrected chi connectivity index (χ2v) is 5.32. The Labute approximate surface area is 105 Å². The minimum atomic E-state index is -0.166. The largest absolute Gasteiger partial charge is 0.294 e. The number of halogens is 2. The lowest BCUT2D eigenvalue weighted by Crippen LogP contribution is -2.04. The second kappa shape index (κ2) is 4.48. The van der Waals surface area contributed by atoms with Crippen LogP contribution in [-0.4, -0.2) is 26.0 Å². The summed E-state index contributed by atoms with van der Waals surface area (Å²) in [7, 11) is 1.63. The van der Waals surface area contributed by atoms with Crippen molar-refractivity contribution in [2.45, 2.75) is 6.42 Å². The maximum absolute atomic E-state index is 11.8. The zero-order chi connectivity index (χ0) is 11.7. The first-order chi connectivity index (χ1) is 7.56. The fraction of sp³-hybridized carbons (Fsp3) is 0.250. The van der Waals surface area contributed by atoms with Crippen molar-refractivity contribution in [3.8, 4) is 0 Å². The second-order valence-electron chi connectivity index (χ2n) is 3.03. The number of ketones is 1. The predicted molar refractivity (Wildman–Crippen MR) is 61.2 cm³/mol. The number of nitrogens with zero attached hydrogens (tertiary/aromatic N) is 4. The van der Waals surface area contributed by atoms with Gasteiger partial charge in [-0.25, -0.2) is 0 Å². The van der Waals surface area contributed by atoms with Gasteiger partial charge in [0, 0.05) is 5.56 Å². The maximum atomic E-state index is 11.8. The lowest BCUT2D eigenvalue weighted by atomic mass is 10.1. The van der Waals surface area contributed by atoms with Gasteiger partial charge in [-0.15, -0.1) is 21.5 Å². The molecule has 0 bridgehead atoms. The summed E-state index contributed by atoms with van der Waals surface area (Å²) in [6.07, 6.45) is 0.0701. The number of rotatable bonds is 3. The minimum Gasteiger partial charge on any atom is -0.294 e. The number of aryl methyl sites for hydroxylation is 1. The standard InChI is InChI=1S/C8H6Cl2N4OS/c1-14-12-7(11-13-14)3-5(15)4-2-6(9)16-8(4)10/h2H,3H2,1H3. The molecule has 0 aromatic carbocycles. The van der Waals surface area contributed by atoms with Crippen molar-refractivity contribution < 1.29 is 4.79 Å². The van der Waals surface area contributed by atoms with Gasteiger partial charge in [0.25, 0.3) is 0 Å². The summed E-state index contributed by atoms with van der Waals surface area (Å²) in [6.45, 7) is 0. The zero-order valence-corrected chi connectivity index (χ0v) is 10.5. The summed E-state index contributed by atoms with van der Waals surface area (Å²) in [5.41, 5.74) is 0.407. The molecule has 2 aromatic rings. The van der Waals surface area contributed by atoms with Crippen LogP contribution < -0.4 is 0 Å².